The van der Waals surface area contributed by atoms with E-state index in [2.05, 4.69) is 10.6 Å². The van der Waals surface area contributed by atoms with Crippen molar-refractivity contribution >= 4 is 35.2 Å². The summed E-state index contributed by atoms with van der Waals surface area (Å²) in [5.41, 5.74) is 1.68. The summed E-state index contributed by atoms with van der Waals surface area (Å²) in [6.07, 6.45) is 2.39. The monoisotopic (exact) mass is 332 g/mol. The fourth-order valence-electron chi connectivity index (χ4n) is 2.62. The van der Waals surface area contributed by atoms with E-state index in [4.69, 9.17) is 21.7 Å². The Labute approximate surface area is 138 Å². The fourth-order valence-corrected chi connectivity index (χ4v) is 2.80. The van der Waals surface area contributed by atoms with Crippen LogP contribution in [0.3, 0.4) is 0 Å². The zero-order valence-corrected chi connectivity index (χ0v) is 13.6. The summed E-state index contributed by atoms with van der Waals surface area (Å²) in [7, 11) is 0. The Morgan fingerprint density at radius 3 is 2.70 bits per heavy atom. The van der Waals surface area contributed by atoms with Gasteiger partial charge in [-0.2, -0.15) is 0 Å². The molecule has 0 spiro atoms. The lowest BCUT2D eigenvalue weighted by molar-refractivity contribution is -0.123. The van der Waals surface area contributed by atoms with Gasteiger partial charge in [0.2, 0.25) is 0 Å². The molecule has 3 rings (SSSR count). The van der Waals surface area contributed by atoms with Crippen molar-refractivity contribution < 1.29 is 19.1 Å². The number of nitrogens with one attached hydrogen (secondary N) is 2. The molecule has 0 bridgehead atoms. The number of hydrogen-bond donors (Lipinski definition) is 2. The van der Waals surface area contributed by atoms with Gasteiger partial charge in [0.1, 0.15) is 23.2 Å². The van der Waals surface area contributed by atoms with Gasteiger partial charge in [-0.3, -0.25) is 20.2 Å². The third-order valence-corrected chi connectivity index (χ3v) is 3.78. The van der Waals surface area contributed by atoms with Gasteiger partial charge in [-0.25, -0.2) is 0 Å². The zero-order chi connectivity index (χ0) is 16.6. The normalized spacial score (nSPS) is 19.7. The van der Waals surface area contributed by atoms with E-state index in [0.717, 1.165) is 17.7 Å². The van der Waals surface area contributed by atoms with Gasteiger partial charge >= 0.3 is 0 Å². The van der Waals surface area contributed by atoms with E-state index in [1.54, 1.807) is 6.07 Å². The van der Waals surface area contributed by atoms with Crippen molar-refractivity contribution in [1.29, 1.82) is 0 Å². The first-order valence-electron chi connectivity index (χ1n) is 7.32. The van der Waals surface area contributed by atoms with E-state index in [-0.39, 0.29) is 16.8 Å². The molecule has 1 aromatic rings. The molecule has 23 heavy (non-hydrogen) atoms. The van der Waals surface area contributed by atoms with Gasteiger partial charge in [0.25, 0.3) is 11.8 Å². The summed E-state index contributed by atoms with van der Waals surface area (Å²) in [5.74, 6) is 0.307. The minimum Gasteiger partial charge on any atom is -0.493 e. The van der Waals surface area contributed by atoms with Crippen LogP contribution in [0.4, 0.5) is 0 Å². The Morgan fingerprint density at radius 2 is 2.04 bits per heavy atom. The van der Waals surface area contributed by atoms with Crippen molar-refractivity contribution in [3.8, 4) is 11.5 Å². The van der Waals surface area contributed by atoms with E-state index in [1.165, 1.54) is 6.08 Å². The smallest absolute Gasteiger partial charge is 0.263 e. The lowest BCUT2D eigenvalue weighted by Crippen LogP contribution is -2.51. The van der Waals surface area contributed by atoms with Gasteiger partial charge in [0, 0.05) is 18.1 Å². The maximum absolute atomic E-state index is 12.0. The van der Waals surface area contributed by atoms with E-state index in [1.807, 2.05) is 19.9 Å². The average Bonchev–Trinajstić information content (AvgIpc) is 2.82. The molecule has 0 unspecified atom stereocenters. The second-order valence-corrected chi connectivity index (χ2v) is 5.77. The number of carbonyl (C=O) groups excluding carboxylic acids is 2. The Kier molecular flexibility index (Phi) is 4.04. The van der Waals surface area contributed by atoms with Gasteiger partial charge < -0.3 is 9.47 Å². The fraction of sp³-hybridized carbons (Fsp3) is 0.312. The van der Waals surface area contributed by atoms with Crippen LogP contribution in [0.2, 0.25) is 0 Å². The maximum atomic E-state index is 12.0. The molecule has 1 aromatic carbocycles. The van der Waals surface area contributed by atoms with Crippen LogP contribution in [-0.2, 0) is 16.0 Å². The number of thiocarbonyl (C=S) groups is 1. The lowest BCUT2D eigenvalue weighted by Gasteiger charge is -2.17. The Hall–Kier alpha value is -2.41. The number of benzene rings is 1. The molecule has 120 valence electrons. The summed E-state index contributed by atoms with van der Waals surface area (Å²) in [4.78, 5) is 24.0. The highest BCUT2D eigenvalue weighted by Gasteiger charge is 2.27. The van der Waals surface area contributed by atoms with Crippen molar-refractivity contribution in [3.05, 3.63) is 28.8 Å². The quantitative estimate of drug-likeness (QED) is 0.496. The second kappa shape index (κ2) is 6.00. The molecular weight excluding hydrogens is 316 g/mol. The molecule has 1 atom stereocenters. The van der Waals surface area contributed by atoms with Crippen LogP contribution in [0, 0.1) is 0 Å². The third kappa shape index (κ3) is 3.05. The molecule has 1 fully saturated rings. The Balaban J connectivity index is 2.03. The van der Waals surface area contributed by atoms with Crippen molar-refractivity contribution in [2.45, 2.75) is 26.4 Å². The minimum atomic E-state index is -0.522. The molecule has 6 nitrogen and oxygen atoms in total. The average molecular weight is 332 g/mol. The first kappa shape index (κ1) is 15.5. The van der Waals surface area contributed by atoms with Gasteiger partial charge in [0.05, 0.1) is 6.61 Å². The number of ether oxygens (including phenoxy) is 2. The standard InChI is InChI=1S/C16H16N2O4S/c1-3-21-12-7-13-9(4-8(2)22-13)5-10(12)6-11-14(19)17-16(23)18-15(11)20/h5-8H,3-4H2,1-2H3,(H2,17,18,19,20,23)/t8-/m1/s1. The molecule has 2 N–H and O–H groups in total. The van der Waals surface area contributed by atoms with Crippen molar-refractivity contribution in [3.63, 3.8) is 0 Å². The predicted octanol–water partition coefficient (Wildman–Crippen LogP) is 1.32. The number of amides is 2. The van der Waals surface area contributed by atoms with E-state index in [0.29, 0.717) is 17.9 Å². The van der Waals surface area contributed by atoms with Gasteiger partial charge in [0.15, 0.2) is 5.11 Å². The van der Waals surface area contributed by atoms with Crippen LogP contribution < -0.4 is 20.1 Å². The molecule has 2 aliphatic heterocycles. The third-order valence-electron chi connectivity index (χ3n) is 3.57. The first-order valence-corrected chi connectivity index (χ1v) is 7.73. The minimum absolute atomic E-state index is 0.00790. The number of hydrogen-bond acceptors (Lipinski definition) is 5. The summed E-state index contributed by atoms with van der Waals surface area (Å²) < 4.78 is 11.3. The molecule has 1 saturated heterocycles. The largest absolute Gasteiger partial charge is 0.493 e. The summed E-state index contributed by atoms with van der Waals surface area (Å²) in [6.45, 7) is 4.32. The van der Waals surface area contributed by atoms with Crippen LogP contribution in [0.1, 0.15) is 25.0 Å². The topological polar surface area (TPSA) is 76.7 Å². The summed E-state index contributed by atoms with van der Waals surface area (Å²) in [5, 5.41) is 4.85. The van der Waals surface area contributed by atoms with Crippen LogP contribution in [-0.4, -0.2) is 29.6 Å². The lowest BCUT2D eigenvalue weighted by atomic mass is 10.0. The van der Waals surface area contributed by atoms with Crippen LogP contribution in [0.5, 0.6) is 11.5 Å². The molecule has 0 saturated carbocycles. The molecular formula is C16H16N2O4S. The zero-order valence-electron chi connectivity index (χ0n) is 12.8. The SMILES string of the molecule is CCOc1cc2c(cc1C=C1C(=O)NC(=S)NC1=O)C[C@@H](C)O2. The first-order chi connectivity index (χ1) is 11.0. The number of rotatable bonds is 3. The molecule has 2 aliphatic rings. The highest BCUT2D eigenvalue weighted by Crippen LogP contribution is 2.36. The molecule has 2 amide bonds. The molecule has 0 radical (unpaired) electrons. The molecule has 0 aliphatic carbocycles. The highest BCUT2D eigenvalue weighted by molar-refractivity contribution is 7.80. The number of carbonyl (C=O) groups is 2. The van der Waals surface area contributed by atoms with Gasteiger partial charge in [-0.05, 0) is 43.8 Å². The summed E-state index contributed by atoms with van der Waals surface area (Å²) >= 11 is 4.79. The van der Waals surface area contributed by atoms with Crippen LogP contribution >= 0.6 is 12.2 Å². The van der Waals surface area contributed by atoms with Crippen molar-refractivity contribution in [2.24, 2.45) is 0 Å². The Bertz CT molecular complexity index is 720. The van der Waals surface area contributed by atoms with Crippen molar-refractivity contribution in [2.75, 3.05) is 6.61 Å². The van der Waals surface area contributed by atoms with Gasteiger partial charge in [-0.15, -0.1) is 0 Å². The second-order valence-electron chi connectivity index (χ2n) is 5.36. The van der Waals surface area contributed by atoms with E-state index < -0.39 is 11.8 Å². The van der Waals surface area contributed by atoms with E-state index >= 15 is 0 Å². The van der Waals surface area contributed by atoms with E-state index in [9.17, 15) is 9.59 Å². The molecule has 0 aromatic heterocycles. The van der Waals surface area contributed by atoms with Gasteiger partial charge in [-0.1, -0.05) is 0 Å². The van der Waals surface area contributed by atoms with Crippen LogP contribution in [0.15, 0.2) is 17.7 Å². The molecule has 7 heteroatoms. The summed E-state index contributed by atoms with van der Waals surface area (Å²) in [6, 6.07) is 3.70. The maximum Gasteiger partial charge on any atom is 0.263 e. The molecule has 2 heterocycles. The Morgan fingerprint density at radius 1 is 1.35 bits per heavy atom. The van der Waals surface area contributed by atoms with Crippen molar-refractivity contribution in [1.82, 2.24) is 10.6 Å². The van der Waals surface area contributed by atoms with Crippen LogP contribution in [0.25, 0.3) is 6.08 Å². The predicted molar refractivity (Wildman–Crippen MR) is 88.3 cm³/mol. The number of fused-ring (bicyclic) bond motifs is 1. The highest BCUT2D eigenvalue weighted by atomic mass is 32.1.